The molecule has 0 spiro atoms. The highest BCUT2D eigenvalue weighted by Crippen LogP contribution is 2.46. The van der Waals surface area contributed by atoms with Crippen molar-refractivity contribution in [2.24, 2.45) is 0 Å². The third-order valence-corrected chi connectivity index (χ3v) is 7.59. The fourth-order valence-electron chi connectivity index (χ4n) is 5.72. The van der Waals surface area contributed by atoms with Crippen LogP contribution in [0.3, 0.4) is 0 Å². The number of para-hydroxylation sites is 2. The van der Waals surface area contributed by atoms with Gasteiger partial charge in [0.1, 0.15) is 11.2 Å². The summed E-state index contributed by atoms with van der Waals surface area (Å²) in [5.41, 5.74) is 9.63. The Kier molecular flexibility index (Phi) is 4.26. The van der Waals surface area contributed by atoms with Crippen molar-refractivity contribution in [2.75, 3.05) is 0 Å². The van der Waals surface area contributed by atoms with E-state index in [-0.39, 0.29) is 16.4 Å². The van der Waals surface area contributed by atoms with Gasteiger partial charge in [-0.25, -0.2) is 4.57 Å². The van der Waals surface area contributed by atoms with Gasteiger partial charge in [-0.2, -0.15) is 4.40 Å². The summed E-state index contributed by atoms with van der Waals surface area (Å²) in [4.78, 5) is 5.24. The molecule has 0 atom stereocenters. The number of rotatable bonds is 2. The Balaban J connectivity index is 2.16. The number of hydrogen-bond donors (Lipinski definition) is 0. The summed E-state index contributed by atoms with van der Waals surface area (Å²) >= 11 is 0. The van der Waals surface area contributed by atoms with Crippen LogP contribution in [0.5, 0.6) is 0 Å². The van der Waals surface area contributed by atoms with E-state index in [0.29, 0.717) is 0 Å². The van der Waals surface area contributed by atoms with E-state index in [1.165, 1.54) is 38.9 Å². The van der Waals surface area contributed by atoms with Crippen LogP contribution in [0.4, 0.5) is 0 Å². The lowest BCUT2D eigenvalue weighted by molar-refractivity contribution is -0.703. The molecule has 0 saturated carbocycles. The van der Waals surface area contributed by atoms with Crippen LogP contribution in [0.2, 0.25) is 0 Å². The van der Waals surface area contributed by atoms with Crippen molar-refractivity contribution in [3.05, 3.63) is 59.9 Å². The lowest BCUT2D eigenvalue weighted by atomic mass is 9.76. The summed E-state index contributed by atoms with van der Waals surface area (Å²) in [6, 6.07) is 13.5. The number of allylic oxidation sites excluding steroid dienone is 1. The molecule has 5 rings (SSSR count). The minimum Gasteiger partial charge on any atom is -0.252 e. The van der Waals surface area contributed by atoms with Gasteiger partial charge < -0.3 is 0 Å². The highest BCUT2D eigenvalue weighted by molar-refractivity contribution is 6.04. The Labute approximate surface area is 191 Å². The van der Waals surface area contributed by atoms with E-state index < -0.39 is 0 Å². The quantitative estimate of drug-likeness (QED) is 0.314. The average molecular weight is 427 g/mol. The van der Waals surface area contributed by atoms with Gasteiger partial charge in [-0.05, 0) is 31.0 Å². The number of aromatic nitrogens is 3. The van der Waals surface area contributed by atoms with Crippen molar-refractivity contribution in [2.45, 2.75) is 84.6 Å². The van der Waals surface area contributed by atoms with Crippen LogP contribution < -0.4 is 4.57 Å². The molecule has 32 heavy (non-hydrogen) atoms. The molecule has 1 aliphatic rings. The van der Waals surface area contributed by atoms with Gasteiger partial charge in [0, 0.05) is 33.7 Å². The van der Waals surface area contributed by atoms with E-state index >= 15 is 0 Å². The highest BCUT2D eigenvalue weighted by atomic mass is 15.2. The smallest absolute Gasteiger partial charge is 0.252 e. The van der Waals surface area contributed by atoms with Gasteiger partial charge in [0.15, 0.2) is 11.0 Å². The molecule has 0 saturated heterocycles. The van der Waals surface area contributed by atoms with Crippen molar-refractivity contribution in [1.82, 2.24) is 9.38 Å². The second-order valence-electron chi connectivity index (χ2n) is 11.5. The summed E-state index contributed by atoms with van der Waals surface area (Å²) in [6.07, 6.45) is 2.01. The molecule has 4 aromatic rings. The first-order valence-electron chi connectivity index (χ1n) is 12.0. The molecule has 4 heterocycles. The standard InChI is InChI=1S/C29H36N3/c1-10-29(11-2)18(3)19-16-23(27(4,5)6)30-20-17-24(28(7,8)9)31-21-14-12-13-15-22(21)32(29)26(31)25(19)20/h12-17H,3,10-11H2,1-2,4-9H3/q+1. The number of benzene rings is 1. The molecule has 0 aliphatic carbocycles. The third kappa shape index (κ3) is 2.54. The van der Waals surface area contributed by atoms with Gasteiger partial charge in [-0.1, -0.05) is 74.1 Å². The predicted octanol–water partition coefficient (Wildman–Crippen LogP) is 7.07. The number of nitrogens with zero attached hydrogens (tertiary/aromatic N) is 3. The largest absolute Gasteiger partial charge is 0.298 e. The van der Waals surface area contributed by atoms with Gasteiger partial charge in [0.2, 0.25) is 0 Å². The number of pyridine rings is 2. The Bertz CT molecular complexity index is 1420. The predicted molar refractivity (Wildman–Crippen MR) is 135 cm³/mol. The molecule has 1 aliphatic heterocycles. The van der Waals surface area contributed by atoms with Crippen molar-refractivity contribution < 1.29 is 4.57 Å². The minimum absolute atomic E-state index is 0.0249. The first-order chi connectivity index (χ1) is 15.0. The minimum atomic E-state index is -0.151. The number of hydrogen-bond acceptors (Lipinski definition) is 1. The van der Waals surface area contributed by atoms with Gasteiger partial charge in [-0.3, -0.25) is 4.98 Å². The molecule has 0 radical (unpaired) electrons. The van der Waals surface area contributed by atoms with Gasteiger partial charge in [-0.15, -0.1) is 0 Å². The van der Waals surface area contributed by atoms with Crippen LogP contribution in [0.25, 0.3) is 33.2 Å². The van der Waals surface area contributed by atoms with Gasteiger partial charge in [0.05, 0.1) is 10.9 Å². The van der Waals surface area contributed by atoms with Crippen molar-refractivity contribution in [3.63, 3.8) is 0 Å². The molecule has 0 bridgehead atoms. The molecule has 3 nitrogen and oxygen atoms in total. The molecule has 3 aromatic heterocycles. The molecule has 0 amide bonds. The Morgan fingerprint density at radius 1 is 0.969 bits per heavy atom. The van der Waals surface area contributed by atoms with Crippen LogP contribution in [-0.2, 0) is 16.4 Å². The highest BCUT2D eigenvalue weighted by Gasteiger charge is 2.47. The normalized spacial score (nSPS) is 16.1. The molecule has 166 valence electrons. The Hall–Kier alpha value is -2.68. The maximum atomic E-state index is 5.24. The van der Waals surface area contributed by atoms with Gasteiger partial charge in [0.25, 0.3) is 5.65 Å². The molecule has 0 fully saturated rings. The number of fused-ring (bicyclic) bond motifs is 3. The zero-order valence-electron chi connectivity index (χ0n) is 20.9. The first kappa shape index (κ1) is 21.2. The topological polar surface area (TPSA) is 21.2 Å². The van der Waals surface area contributed by atoms with E-state index in [0.717, 1.165) is 24.1 Å². The zero-order valence-corrected chi connectivity index (χ0v) is 20.9. The molecular formula is C29H36N3+. The third-order valence-electron chi connectivity index (χ3n) is 7.59. The van der Waals surface area contributed by atoms with E-state index in [2.05, 4.69) is 101 Å². The van der Waals surface area contributed by atoms with Crippen LogP contribution >= 0.6 is 0 Å². The maximum Gasteiger partial charge on any atom is 0.298 e. The fraction of sp³-hybridized carbons (Fsp3) is 0.448. The second kappa shape index (κ2) is 6.43. The lowest BCUT2D eigenvalue weighted by Gasteiger charge is -2.36. The molecule has 1 aromatic carbocycles. The Morgan fingerprint density at radius 2 is 1.62 bits per heavy atom. The van der Waals surface area contributed by atoms with Crippen LogP contribution in [0, 0.1) is 0 Å². The maximum absolute atomic E-state index is 5.24. The molecule has 0 N–H and O–H groups in total. The summed E-state index contributed by atoms with van der Waals surface area (Å²) in [5, 5.41) is 1.24. The van der Waals surface area contributed by atoms with E-state index in [4.69, 9.17) is 11.6 Å². The average Bonchev–Trinajstić information content (AvgIpc) is 3.08. The van der Waals surface area contributed by atoms with E-state index in [1.54, 1.807) is 0 Å². The lowest BCUT2D eigenvalue weighted by Crippen LogP contribution is -2.57. The second-order valence-corrected chi connectivity index (χ2v) is 11.5. The first-order valence-corrected chi connectivity index (χ1v) is 12.0. The summed E-state index contributed by atoms with van der Waals surface area (Å²) in [7, 11) is 0. The van der Waals surface area contributed by atoms with Crippen molar-refractivity contribution in [3.8, 4) is 0 Å². The van der Waals surface area contributed by atoms with Crippen molar-refractivity contribution in [1.29, 1.82) is 0 Å². The zero-order chi connectivity index (χ0) is 23.2. The molecular weight excluding hydrogens is 390 g/mol. The molecule has 0 unspecified atom stereocenters. The fourth-order valence-corrected chi connectivity index (χ4v) is 5.72. The van der Waals surface area contributed by atoms with Crippen LogP contribution in [-0.4, -0.2) is 9.38 Å². The molecule has 3 heteroatoms. The van der Waals surface area contributed by atoms with E-state index in [9.17, 15) is 0 Å². The summed E-state index contributed by atoms with van der Waals surface area (Å²) in [5.74, 6) is 0. The van der Waals surface area contributed by atoms with Crippen molar-refractivity contribution >= 4 is 33.2 Å². The van der Waals surface area contributed by atoms with Gasteiger partial charge >= 0.3 is 0 Å². The SMILES string of the molecule is C=C1c2cc(C(C)(C)C)nc3cc(C(C)(C)C)n4c5ccccc5[n+](c4c23)C1(CC)CC. The van der Waals surface area contributed by atoms with E-state index in [1.807, 2.05) is 0 Å². The van der Waals surface area contributed by atoms with Crippen LogP contribution in [0.15, 0.2) is 43.0 Å². The number of imidazole rings is 1. The summed E-state index contributed by atoms with van der Waals surface area (Å²) < 4.78 is 5.10. The Morgan fingerprint density at radius 3 is 2.22 bits per heavy atom. The summed E-state index contributed by atoms with van der Waals surface area (Å²) in [6.45, 7) is 23.0. The monoisotopic (exact) mass is 426 g/mol. The van der Waals surface area contributed by atoms with Crippen LogP contribution in [0.1, 0.15) is 85.2 Å².